The summed E-state index contributed by atoms with van der Waals surface area (Å²) in [6.45, 7) is 6.18. The molecular formula is C15H17NO2. The number of carbonyl (C=O) groups excluding carboxylic acids is 1. The van der Waals surface area contributed by atoms with E-state index in [1.165, 1.54) is 0 Å². The zero-order valence-corrected chi connectivity index (χ0v) is 10.9. The summed E-state index contributed by atoms with van der Waals surface area (Å²) in [6, 6.07) is 9.48. The van der Waals surface area contributed by atoms with Crippen LogP contribution in [0.1, 0.15) is 25.0 Å². The molecule has 0 aliphatic rings. The first-order chi connectivity index (χ1) is 8.52. The summed E-state index contributed by atoms with van der Waals surface area (Å²) in [5, 5.41) is 8.97. The Kier molecular flexibility index (Phi) is 5.13. The van der Waals surface area contributed by atoms with Crippen LogP contribution < -0.4 is 0 Å². The molecule has 0 aliphatic heterocycles. The van der Waals surface area contributed by atoms with Crippen molar-refractivity contribution in [1.29, 1.82) is 5.26 Å². The predicted octanol–water partition coefficient (Wildman–Crippen LogP) is 3.10. The molecule has 1 rings (SSSR count). The van der Waals surface area contributed by atoms with Crippen LogP contribution in [-0.2, 0) is 9.53 Å². The lowest BCUT2D eigenvalue weighted by Crippen LogP contribution is -2.11. The summed E-state index contributed by atoms with van der Waals surface area (Å²) >= 11 is 0. The molecule has 3 nitrogen and oxygen atoms in total. The third kappa shape index (κ3) is 4.42. The average Bonchev–Trinajstić information content (AvgIpc) is 2.33. The van der Waals surface area contributed by atoms with Gasteiger partial charge in [-0.3, -0.25) is 0 Å². The average molecular weight is 243 g/mol. The summed E-state index contributed by atoms with van der Waals surface area (Å²) in [5.41, 5.74) is 1.94. The van der Waals surface area contributed by atoms with E-state index >= 15 is 0 Å². The molecule has 0 saturated heterocycles. The van der Waals surface area contributed by atoms with Gasteiger partial charge in [-0.25, -0.2) is 4.79 Å². The van der Waals surface area contributed by atoms with E-state index in [9.17, 15) is 4.79 Å². The number of nitrogens with zero attached hydrogens (tertiary/aromatic N) is 1. The van der Waals surface area contributed by atoms with Gasteiger partial charge in [0.2, 0.25) is 0 Å². The van der Waals surface area contributed by atoms with E-state index in [1.54, 1.807) is 6.08 Å². The molecule has 0 saturated carbocycles. The maximum absolute atomic E-state index is 11.7. The molecule has 0 amide bonds. The quantitative estimate of drug-likeness (QED) is 0.464. The number of ether oxygens (including phenoxy) is 1. The first-order valence-corrected chi connectivity index (χ1v) is 5.88. The number of aryl methyl sites for hydroxylation is 1. The van der Waals surface area contributed by atoms with Gasteiger partial charge in [0.25, 0.3) is 0 Å². The number of carbonyl (C=O) groups is 1. The minimum absolute atomic E-state index is 0.0289. The lowest BCUT2D eigenvalue weighted by Gasteiger charge is -2.06. The maximum atomic E-state index is 11.7. The van der Waals surface area contributed by atoms with Crippen LogP contribution in [0.2, 0.25) is 0 Å². The van der Waals surface area contributed by atoms with E-state index in [2.05, 4.69) is 0 Å². The number of nitriles is 1. The van der Waals surface area contributed by atoms with E-state index in [1.807, 2.05) is 51.1 Å². The van der Waals surface area contributed by atoms with E-state index < -0.39 is 5.97 Å². The van der Waals surface area contributed by atoms with Crippen LogP contribution in [0.3, 0.4) is 0 Å². The molecule has 1 aromatic rings. The standard InChI is InChI=1S/C15H17NO2/c1-11(2)10-18-15(17)14(9-16)8-13-6-4-5-12(3)7-13/h4-8,11H,10H2,1-3H3. The number of hydrogen-bond donors (Lipinski definition) is 0. The first-order valence-electron chi connectivity index (χ1n) is 5.88. The summed E-state index contributed by atoms with van der Waals surface area (Å²) in [6.07, 6.45) is 1.55. The molecule has 0 N–H and O–H groups in total. The normalized spacial score (nSPS) is 11.2. The highest BCUT2D eigenvalue weighted by atomic mass is 16.5. The van der Waals surface area contributed by atoms with Gasteiger partial charge < -0.3 is 4.74 Å². The number of esters is 1. The number of hydrogen-bond acceptors (Lipinski definition) is 3. The summed E-state index contributed by atoms with van der Waals surface area (Å²) in [5.74, 6) is -0.305. The fraction of sp³-hybridized carbons (Fsp3) is 0.333. The lowest BCUT2D eigenvalue weighted by atomic mass is 10.1. The van der Waals surface area contributed by atoms with Gasteiger partial charge in [-0.2, -0.15) is 5.26 Å². The van der Waals surface area contributed by atoms with E-state index in [4.69, 9.17) is 10.00 Å². The zero-order chi connectivity index (χ0) is 13.5. The van der Waals surface area contributed by atoms with Crippen LogP contribution in [0.5, 0.6) is 0 Å². The summed E-state index contributed by atoms with van der Waals surface area (Å²) < 4.78 is 5.03. The van der Waals surface area contributed by atoms with Crippen molar-refractivity contribution in [2.75, 3.05) is 6.61 Å². The van der Waals surface area contributed by atoms with Crippen molar-refractivity contribution in [2.24, 2.45) is 5.92 Å². The third-order valence-corrected chi connectivity index (χ3v) is 2.24. The first kappa shape index (κ1) is 14.0. The van der Waals surface area contributed by atoms with Crippen molar-refractivity contribution in [2.45, 2.75) is 20.8 Å². The fourth-order valence-corrected chi connectivity index (χ4v) is 1.38. The van der Waals surface area contributed by atoms with E-state index in [0.29, 0.717) is 6.61 Å². The van der Waals surface area contributed by atoms with Gasteiger partial charge >= 0.3 is 5.97 Å². The smallest absolute Gasteiger partial charge is 0.348 e. The molecule has 0 spiro atoms. The molecule has 1 aromatic carbocycles. The van der Waals surface area contributed by atoms with Crippen LogP contribution in [0.15, 0.2) is 29.8 Å². The number of rotatable bonds is 4. The van der Waals surface area contributed by atoms with Gasteiger partial charge in [-0.05, 0) is 24.5 Å². The largest absolute Gasteiger partial charge is 0.461 e. The Morgan fingerprint density at radius 2 is 2.22 bits per heavy atom. The second kappa shape index (κ2) is 6.61. The maximum Gasteiger partial charge on any atom is 0.348 e. The van der Waals surface area contributed by atoms with Gasteiger partial charge in [-0.1, -0.05) is 43.7 Å². The molecule has 0 fully saturated rings. The van der Waals surface area contributed by atoms with Gasteiger partial charge in [0.1, 0.15) is 11.6 Å². The summed E-state index contributed by atoms with van der Waals surface area (Å²) in [7, 11) is 0. The highest BCUT2D eigenvalue weighted by Crippen LogP contribution is 2.10. The summed E-state index contributed by atoms with van der Waals surface area (Å²) in [4.78, 5) is 11.7. The molecule has 0 radical (unpaired) electrons. The molecule has 0 aliphatic carbocycles. The Hall–Kier alpha value is -2.08. The van der Waals surface area contributed by atoms with Crippen molar-refractivity contribution in [3.63, 3.8) is 0 Å². The van der Waals surface area contributed by atoms with Crippen LogP contribution >= 0.6 is 0 Å². The Labute approximate surface area is 108 Å². The molecule has 3 heteroatoms. The Morgan fingerprint density at radius 3 is 2.78 bits per heavy atom. The fourth-order valence-electron chi connectivity index (χ4n) is 1.38. The van der Waals surface area contributed by atoms with E-state index in [0.717, 1.165) is 11.1 Å². The molecule has 94 valence electrons. The Morgan fingerprint density at radius 1 is 1.50 bits per heavy atom. The zero-order valence-electron chi connectivity index (χ0n) is 10.9. The van der Waals surface area contributed by atoms with Gasteiger partial charge in [0.05, 0.1) is 6.61 Å². The molecule has 0 atom stereocenters. The van der Waals surface area contributed by atoms with Gasteiger partial charge in [0, 0.05) is 0 Å². The highest BCUT2D eigenvalue weighted by molar-refractivity contribution is 5.97. The minimum Gasteiger partial charge on any atom is -0.461 e. The molecular weight excluding hydrogens is 226 g/mol. The van der Waals surface area contributed by atoms with E-state index in [-0.39, 0.29) is 11.5 Å². The SMILES string of the molecule is Cc1cccc(C=C(C#N)C(=O)OCC(C)C)c1. The van der Waals surface area contributed by atoms with Crippen LogP contribution in [-0.4, -0.2) is 12.6 Å². The second-order valence-corrected chi connectivity index (χ2v) is 4.58. The topological polar surface area (TPSA) is 50.1 Å². The molecule has 0 aromatic heterocycles. The highest BCUT2D eigenvalue weighted by Gasteiger charge is 2.11. The monoisotopic (exact) mass is 243 g/mol. The van der Waals surface area contributed by atoms with Gasteiger partial charge in [-0.15, -0.1) is 0 Å². The predicted molar refractivity (Wildman–Crippen MR) is 70.6 cm³/mol. The van der Waals surface area contributed by atoms with Crippen molar-refractivity contribution in [3.8, 4) is 6.07 Å². The van der Waals surface area contributed by atoms with Crippen molar-refractivity contribution in [3.05, 3.63) is 41.0 Å². The Bertz CT molecular complexity index is 495. The van der Waals surface area contributed by atoms with Crippen molar-refractivity contribution in [1.82, 2.24) is 0 Å². The molecule has 0 bridgehead atoms. The minimum atomic E-state index is -0.562. The van der Waals surface area contributed by atoms with Crippen LogP contribution in [0.4, 0.5) is 0 Å². The molecule has 0 heterocycles. The van der Waals surface area contributed by atoms with Crippen molar-refractivity contribution >= 4 is 12.0 Å². The third-order valence-electron chi connectivity index (χ3n) is 2.24. The lowest BCUT2D eigenvalue weighted by molar-refractivity contribution is -0.139. The van der Waals surface area contributed by atoms with Crippen molar-refractivity contribution < 1.29 is 9.53 Å². The van der Waals surface area contributed by atoms with Gasteiger partial charge in [0.15, 0.2) is 0 Å². The number of benzene rings is 1. The van der Waals surface area contributed by atoms with Crippen LogP contribution in [0, 0.1) is 24.2 Å². The molecule has 18 heavy (non-hydrogen) atoms. The second-order valence-electron chi connectivity index (χ2n) is 4.58. The Balaban J connectivity index is 2.83. The van der Waals surface area contributed by atoms with Crippen LogP contribution in [0.25, 0.3) is 6.08 Å². The molecule has 0 unspecified atom stereocenters.